The molecule has 2 saturated heterocycles. The van der Waals surface area contributed by atoms with Crippen molar-refractivity contribution in [3.8, 4) is 0 Å². The first-order valence-corrected chi connectivity index (χ1v) is 12.8. The summed E-state index contributed by atoms with van der Waals surface area (Å²) in [6.07, 6.45) is 0. The highest BCUT2D eigenvalue weighted by Gasteiger charge is 2.21. The number of carbonyl (C=O) groups excluding carboxylic acids is 1. The zero-order valence-electron chi connectivity index (χ0n) is 21.5. The first-order chi connectivity index (χ1) is 18.6. The summed E-state index contributed by atoms with van der Waals surface area (Å²) in [4.78, 5) is 26.3. The van der Waals surface area contributed by atoms with Gasteiger partial charge in [-0.05, 0) is 11.6 Å². The Labute approximate surface area is 221 Å². The SMILES string of the molecule is CC(c1cccc(C(=O)c2ccccc2)c1)c1cc(/N=C(/N=C(\N)N2CCOCC2)N2CCOCC2)on1. The van der Waals surface area contributed by atoms with Gasteiger partial charge in [0, 0.05) is 49.3 Å². The second kappa shape index (κ2) is 12.0. The van der Waals surface area contributed by atoms with Crippen LogP contribution in [0.2, 0.25) is 0 Å². The summed E-state index contributed by atoms with van der Waals surface area (Å²) in [5.74, 6) is 1.06. The van der Waals surface area contributed by atoms with Gasteiger partial charge in [-0.2, -0.15) is 9.98 Å². The maximum Gasteiger partial charge on any atom is 0.253 e. The monoisotopic (exact) mass is 516 g/mol. The molecular weight excluding hydrogens is 484 g/mol. The van der Waals surface area contributed by atoms with E-state index in [0.29, 0.717) is 87.2 Å². The van der Waals surface area contributed by atoms with Crippen molar-refractivity contribution in [1.82, 2.24) is 15.0 Å². The molecule has 2 aliphatic heterocycles. The van der Waals surface area contributed by atoms with E-state index in [0.717, 1.165) is 5.56 Å². The fourth-order valence-electron chi connectivity index (χ4n) is 4.41. The van der Waals surface area contributed by atoms with Crippen LogP contribution >= 0.6 is 0 Å². The highest BCUT2D eigenvalue weighted by molar-refractivity contribution is 6.09. The molecule has 0 radical (unpaired) electrons. The van der Waals surface area contributed by atoms with E-state index in [-0.39, 0.29) is 11.7 Å². The summed E-state index contributed by atoms with van der Waals surface area (Å²) in [6.45, 7) is 7.09. The fourth-order valence-corrected chi connectivity index (χ4v) is 4.41. The zero-order valence-corrected chi connectivity index (χ0v) is 21.5. The summed E-state index contributed by atoms with van der Waals surface area (Å²) in [5.41, 5.74) is 9.28. The molecule has 0 spiro atoms. The lowest BCUT2D eigenvalue weighted by Gasteiger charge is -2.30. The summed E-state index contributed by atoms with van der Waals surface area (Å²) in [5, 5.41) is 4.28. The van der Waals surface area contributed by atoms with Crippen LogP contribution in [0, 0.1) is 0 Å². The van der Waals surface area contributed by atoms with Gasteiger partial charge in [0.15, 0.2) is 11.7 Å². The van der Waals surface area contributed by atoms with E-state index < -0.39 is 0 Å². The molecule has 0 aliphatic carbocycles. The Morgan fingerprint density at radius 1 is 0.895 bits per heavy atom. The first kappa shape index (κ1) is 25.6. The molecule has 0 saturated carbocycles. The molecule has 3 aromatic rings. The maximum atomic E-state index is 12.9. The molecule has 10 nitrogen and oxygen atoms in total. The molecule has 1 atom stereocenters. The summed E-state index contributed by atoms with van der Waals surface area (Å²) in [7, 11) is 0. The van der Waals surface area contributed by atoms with E-state index in [4.69, 9.17) is 19.7 Å². The van der Waals surface area contributed by atoms with Gasteiger partial charge >= 0.3 is 0 Å². The van der Waals surface area contributed by atoms with Crippen LogP contribution in [0.4, 0.5) is 5.88 Å². The third-order valence-electron chi connectivity index (χ3n) is 6.70. The van der Waals surface area contributed by atoms with Gasteiger partial charge in [-0.3, -0.25) is 4.79 Å². The quantitative estimate of drug-likeness (QED) is 0.312. The predicted molar refractivity (Wildman–Crippen MR) is 144 cm³/mol. The lowest BCUT2D eigenvalue weighted by Crippen LogP contribution is -2.47. The summed E-state index contributed by atoms with van der Waals surface area (Å²) < 4.78 is 16.5. The van der Waals surface area contributed by atoms with E-state index in [1.165, 1.54) is 0 Å². The predicted octanol–water partition coefficient (Wildman–Crippen LogP) is 3.02. The summed E-state index contributed by atoms with van der Waals surface area (Å²) in [6, 6.07) is 18.7. The number of aromatic nitrogens is 1. The minimum absolute atomic E-state index is 0.0176. The maximum absolute atomic E-state index is 12.9. The average molecular weight is 517 g/mol. The molecule has 2 aliphatic rings. The normalized spacial score (nSPS) is 17.9. The molecule has 10 heteroatoms. The number of ether oxygens (including phenoxy) is 2. The number of benzene rings is 2. The smallest absolute Gasteiger partial charge is 0.253 e. The van der Waals surface area contributed by atoms with Crippen molar-refractivity contribution in [2.24, 2.45) is 15.7 Å². The van der Waals surface area contributed by atoms with Crippen molar-refractivity contribution in [3.05, 3.63) is 83.0 Å². The van der Waals surface area contributed by atoms with Crippen molar-refractivity contribution >= 4 is 23.6 Å². The number of carbonyl (C=O) groups is 1. The van der Waals surface area contributed by atoms with Crippen molar-refractivity contribution in [2.75, 3.05) is 52.6 Å². The Hall–Kier alpha value is -4.02. The molecular formula is C28H32N6O4. The standard InChI is InChI=1S/C28H32N6O4/c1-20(22-8-5-9-23(18-22)26(35)21-6-3-2-4-7-21)24-19-25(38-32-24)30-28(34-12-16-37-17-13-34)31-27(29)33-10-14-36-15-11-33/h2-9,18-20H,10-17H2,1H3,(H2,29,30,31). The molecule has 3 heterocycles. The number of nitrogens with zero attached hydrogens (tertiary/aromatic N) is 5. The molecule has 0 bridgehead atoms. The third kappa shape index (κ3) is 6.09. The van der Waals surface area contributed by atoms with E-state index in [2.05, 4.69) is 15.1 Å². The number of hydrogen-bond donors (Lipinski definition) is 1. The second-order valence-electron chi connectivity index (χ2n) is 9.21. The molecule has 5 rings (SSSR count). The number of aliphatic imine (C=N–C) groups is 2. The minimum Gasteiger partial charge on any atom is -0.378 e. The lowest BCUT2D eigenvalue weighted by molar-refractivity contribution is 0.0657. The van der Waals surface area contributed by atoms with Crippen molar-refractivity contribution < 1.29 is 18.8 Å². The van der Waals surface area contributed by atoms with Gasteiger partial charge in [0.05, 0.1) is 32.1 Å². The molecule has 198 valence electrons. The lowest BCUT2D eigenvalue weighted by atomic mass is 9.94. The van der Waals surface area contributed by atoms with Crippen molar-refractivity contribution in [2.45, 2.75) is 12.8 Å². The highest BCUT2D eigenvalue weighted by Crippen LogP contribution is 2.28. The number of nitrogens with two attached hydrogens (primary N) is 1. The van der Waals surface area contributed by atoms with Gasteiger partial charge in [0.1, 0.15) is 0 Å². The van der Waals surface area contributed by atoms with E-state index in [9.17, 15) is 4.79 Å². The van der Waals surface area contributed by atoms with E-state index in [1.807, 2.05) is 71.3 Å². The Balaban J connectivity index is 1.37. The number of hydrogen-bond acceptors (Lipinski definition) is 6. The van der Waals surface area contributed by atoms with Crippen LogP contribution in [0.1, 0.15) is 40.0 Å². The van der Waals surface area contributed by atoms with Crippen LogP contribution in [0.5, 0.6) is 0 Å². The van der Waals surface area contributed by atoms with Gasteiger partial charge in [0.2, 0.25) is 5.96 Å². The first-order valence-electron chi connectivity index (χ1n) is 12.8. The zero-order chi connectivity index (χ0) is 26.3. The van der Waals surface area contributed by atoms with E-state index in [1.54, 1.807) is 6.07 Å². The molecule has 1 unspecified atom stereocenters. The Bertz CT molecular complexity index is 1290. The van der Waals surface area contributed by atoms with Crippen LogP contribution in [0.3, 0.4) is 0 Å². The second-order valence-corrected chi connectivity index (χ2v) is 9.21. The van der Waals surface area contributed by atoms with Gasteiger partial charge in [-0.1, -0.05) is 60.6 Å². The molecule has 2 fully saturated rings. The number of guanidine groups is 2. The molecule has 2 N–H and O–H groups in total. The average Bonchev–Trinajstić information content (AvgIpc) is 3.46. The van der Waals surface area contributed by atoms with Gasteiger partial charge in [0.25, 0.3) is 5.88 Å². The largest absolute Gasteiger partial charge is 0.378 e. The fraction of sp³-hybridized carbons (Fsp3) is 0.357. The Kier molecular flexibility index (Phi) is 8.10. The number of morpholine rings is 2. The Morgan fingerprint density at radius 3 is 2.26 bits per heavy atom. The molecule has 1 aromatic heterocycles. The molecule has 2 aromatic carbocycles. The third-order valence-corrected chi connectivity index (χ3v) is 6.70. The van der Waals surface area contributed by atoms with Crippen LogP contribution < -0.4 is 5.73 Å². The van der Waals surface area contributed by atoms with Gasteiger partial charge < -0.3 is 29.5 Å². The van der Waals surface area contributed by atoms with Gasteiger partial charge in [-0.15, -0.1) is 0 Å². The van der Waals surface area contributed by atoms with Crippen molar-refractivity contribution in [3.63, 3.8) is 0 Å². The van der Waals surface area contributed by atoms with Crippen LogP contribution in [0.15, 0.2) is 75.2 Å². The minimum atomic E-state index is -0.111. The number of ketones is 1. The topological polar surface area (TPSA) is 119 Å². The highest BCUT2D eigenvalue weighted by atomic mass is 16.5. The van der Waals surface area contributed by atoms with Crippen molar-refractivity contribution in [1.29, 1.82) is 0 Å². The molecule has 0 amide bonds. The van der Waals surface area contributed by atoms with Crippen LogP contribution in [0.25, 0.3) is 0 Å². The number of rotatable bonds is 5. The van der Waals surface area contributed by atoms with Crippen LogP contribution in [-0.4, -0.2) is 85.3 Å². The summed E-state index contributed by atoms with van der Waals surface area (Å²) >= 11 is 0. The van der Waals surface area contributed by atoms with Gasteiger partial charge in [-0.25, -0.2) is 0 Å². The van der Waals surface area contributed by atoms with Crippen LogP contribution in [-0.2, 0) is 9.47 Å². The van der Waals surface area contributed by atoms with E-state index >= 15 is 0 Å². The Morgan fingerprint density at radius 2 is 1.55 bits per heavy atom. The molecule has 38 heavy (non-hydrogen) atoms.